The first-order valence-electron chi connectivity index (χ1n) is 12.7. The molecule has 32 heavy (non-hydrogen) atoms. The lowest BCUT2D eigenvalue weighted by atomic mass is 9.55. The summed E-state index contributed by atoms with van der Waals surface area (Å²) in [6.45, 7) is 16.3. The number of rotatable bonds is 4. The summed E-state index contributed by atoms with van der Waals surface area (Å²) in [6, 6.07) is 6.96. The maximum Gasteiger partial charge on any atom is 0.330 e. The fourth-order valence-corrected chi connectivity index (χ4v) is 7.50. The number of allylic oxidation sites excluding steroid dienone is 1. The third-order valence-electron chi connectivity index (χ3n) is 9.30. The third-order valence-corrected chi connectivity index (χ3v) is 13.7. The van der Waals surface area contributed by atoms with Crippen molar-refractivity contribution < 1.29 is 14.0 Å². The number of fused-ring (bicyclic) bond motifs is 5. The van der Waals surface area contributed by atoms with E-state index in [1.807, 2.05) is 13.0 Å². The van der Waals surface area contributed by atoms with E-state index in [1.54, 1.807) is 5.56 Å². The topological polar surface area (TPSA) is 35.5 Å². The largest absolute Gasteiger partial charge is 0.543 e. The zero-order chi connectivity index (χ0) is 23.3. The number of carbonyl (C=O) groups is 1. The fourth-order valence-electron chi connectivity index (χ4n) is 6.48. The van der Waals surface area contributed by atoms with Crippen molar-refractivity contribution in [1.29, 1.82) is 0 Å². The van der Waals surface area contributed by atoms with Gasteiger partial charge in [-0.25, -0.2) is 4.79 Å². The molecule has 3 nitrogen and oxygen atoms in total. The van der Waals surface area contributed by atoms with Crippen LogP contribution in [0.4, 0.5) is 0 Å². The van der Waals surface area contributed by atoms with Crippen LogP contribution >= 0.6 is 0 Å². The van der Waals surface area contributed by atoms with Gasteiger partial charge in [-0.1, -0.05) is 39.3 Å². The Morgan fingerprint density at radius 1 is 1.19 bits per heavy atom. The minimum Gasteiger partial charge on any atom is -0.543 e. The predicted octanol–water partition coefficient (Wildman–Crippen LogP) is 7.42. The lowest BCUT2D eigenvalue weighted by Gasteiger charge is -2.49. The molecule has 1 aromatic rings. The van der Waals surface area contributed by atoms with E-state index in [4.69, 9.17) is 9.16 Å². The second-order valence-electron chi connectivity index (χ2n) is 12.1. The van der Waals surface area contributed by atoms with Gasteiger partial charge in [-0.3, -0.25) is 0 Å². The van der Waals surface area contributed by atoms with Gasteiger partial charge in [-0.15, -0.1) is 0 Å². The van der Waals surface area contributed by atoms with Crippen LogP contribution in [0.15, 0.2) is 29.8 Å². The van der Waals surface area contributed by atoms with Crippen LogP contribution in [-0.4, -0.2) is 20.9 Å². The Labute approximate surface area is 196 Å². The molecule has 3 aliphatic rings. The van der Waals surface area contributed by atoms with Crippen molar-refractivity contribution in [1.82, 2.24) is 0 Å². The summed E-state index contributed by atoms with van der Waals surface area (Å²) in [6.07, 6.45) is 8.88. The molecule has 4 heteroatoms. The quantitative estimate of drug-likeness (QED) is 0.270. The lowest BCUT2D eigenvalue weighted by Crippen LogP contribution is -2.44. The normalized spacial score (nSPS) is 31.0. The highest BCUT2D eigenvalue weighted by Crippen LogP contribution is 2.62. The molecule has 4 atom stereocenters. The van der Waals surface area contributed by atoms with Crippen LogP contribution < -0.4 is 4.43 Å². The molecule has 0 aliphatic heterocycles. The van der Waals surface area contributed by atoms with Crippen molar-refractivity contribution in [2.24, 2.45) is 17.3 Å². The van der Waals surface area contributed by atoms with E-state index in [2.05, 4.69) is 59.0 Å². The van der Waals surface area contributed by atoms with Crippen molar-refractivity contribution in [2.45, 2.75) is 97.2 Å². The monoisotopic (exact) mass is 454 g/mol. The van der Waals surface area contributed by atoms with Crippen molar-refractivity contribution in [2.75, 3.05) is 6.61 Å². The van der Waals surface area contributed by atoms with Crippen LogP contribution in [0.5, 0.6) is 5.75 Å². The average molecular weight is 455 g/mol. The van der Waals surface area contributed by atoms with Crippen molar-refractivity contribution in [3.63, 3.8) is 0 Å². The van der Waals surface area contributed by atoms with Gasteiger partial charge in [0.25, 0.3) is 0 Å². The summed E-state index contributed by atoms with van der Waals surface area (Å²) >= 11 is 0. The molecule has 0 spiro atoms. The zero-order valence-electron chi connectivity index (χ0n) is 21.2. The van der Waals surface area contributed by atoms with E-state index >= 15 is 0 Å². The Hall–Kier alpha value is -1.55. The van der Waals surface area contributed by atoms with E-state index in [9.17, 15) is 4.79 Å². The molecular formula is C28H42O3Si. The van der Waals surface area contributed by atoms with Crippen molar-refractivity contribution in [3.05, 3.63) is 41.0 Å². The van der Waals surface area contributed by atoms with Gasteiger partial charge < -0.3 is 9.16 Å². The Bertz CT molecular complexity index is 910. The Balaban J connectivity index is 1.55. The minimum atomic E-state index is -1.82. The molecule has 0 heterocycles. The van der Waals surface area contributed by atoms with E-state index in [0.717, 1.165) is 24.5 Å². The second-order valence-corrected chi connectivity index (χ2v) is 16.8. The van der Waals surface area contributed by atoms with Gasteiger partial charge in [0.2, 0.25) is 8.32 Å². The van der Waals surface area contributed by atoms with Gasteiger partial charge >= 0.3 is 5.97 Å². The van der Waals surface area contributed by atoms with Gasteiger partial charge in [0, 0.05) is 6.08 Å². The summed E-state index contributed by atoms with van der Waals surface area (Å²) in [5.74, 6) is 2.96. The average Bonchev–Trinajstić information content (AvgIpc) is 3.03. The first-order chi connectivity index (χ1) is 15.0. The molecule has 4 rings (SSSR count). The maximum atomic E-state index is 12.1. The van der Waals surface area contributed by atoms with E-state index in [0.29, 0.717) is 18.4 Å². The highest BCUT2D eigenvalue weighted by molar-refractivity contribution is 6.74. The van der Waals surface area contributed by atoms with E-state index in [1.165, 1.54) is 36.8 Å². The number of hydrogen-bond donors (Lipinski definition) is 0. The molecular weight excluding hydrogens is 412 g/mol. The summed E-state index contributed by atoms with van der Waals surface area (Å²) in [5, 5.41) is 0.207. The van der Waals surface area contributed by atoms with E-state index < -0.39 is 8.32 Å². The van der Waals surface area contributed by atoms with Crippen LogP contribution in [0.25, 0.3) is 0 Å². The Kier molecular flexibility index (Phi) is 6.15. The molecule has 2 fully saturated rings. The molecule has 2 saturated carbocycles. The van der Waals surface area contributed by atoms with Gasteiger partial charge in [-0.2, -0.15) is 0 Å². The van der Waals surface area contributed by atoms with Crippen molar-refractivity contribution >= 4 is 14.3 Å². The Morgan fingerprint density at radius 3 is 2.62 bits per heavy atom. The SMILES string of the molecule is CCOC(=O)C=C1CCC2C3CCc4cc(O[Si](C)(C)C(C)(C)C)ccc4C3CC[C@]12C. The summed E-state index contributed by atoms with van der Waals surface area (Å²) < 4.78 is 11.8. The van der Waals surface area contributed by atoms with Gasteiger partial charge in [0.05, 0.1) is 6.61 Å². The van der Waals surface area contributed by atoms with Gasteiger partial charge in [0.15, 0.2) is 0 Å². The number of ether oxygens (including phenoxy) is 1. The molecule has 3 unspecified atom stereocenters. The van der Waals surface area contributed by atoms with Crippen molar-refractivity contribution in [3.8, 4) is 5.75 Å². The molecule has 0 amide bonds. The van der Waals surface area contributed by atoms with E-state index in [-0.39, 0.29) is 16.4 Å². The molecule has 176 valence electrons. The highest BCUT2D eigenvalue weighted by Gasteiger charge is 2.52. The standard InChI is InChI=1S/C28H42O3Si/c1-8-30-26(29)18-20-10-14-25-24-12-9-19-17-21(31-32(6,7)27(2,3)4)11-13-22(19)23(24)15-16-28(20,25)5/h11,13,17-18,23-25H,8-10,12,14-16H2,1-7H3/t23?,24?,25?,28-/m1/s1. The van der Waals surface area contributed by atoms with Crippen LogP contribution in [0.2, 0.25) is 18.1 Å². The Morgan fingerprint density at radius 2 is 1.94 bits per heavy atom. The first kappa shape index (κ1) is 23.6. The third kappa shape index (κ3) is 4.08. The minimum absolute atomic E-state index is 0.158. The number of aryl methyl sites for hydroxylation is 1. The van der Waals surface area contributed by atoms with Crippen LogP contribution in [0.1, 0.15) is 83.8 Å². The molecule has 0 N–H and O–H groups in total. The van der Waals surface area contributed by atoms with Gasteiger partial charge in [-0.05, 0) is 110 Å². The molecule has 1 aromatic carbocycles. The first-order valence-corrected chi connectivity index (χ1v) is 15.6. The molecule has 0 saturated heterocycles. The molecule has 0 aromatic heterocycles. The summed E-state index contributed by atoms with van der Waals surface area (Å²) in [4.78, 5) is 12.1. The van der Waals surface area contributed by atoms with Crippen LogP contribution in [0.3, 0.4) is 0 Å². The summed E-state index contributed by atoms with van der Waals surface area (Å²) in [7, 11) is -1.82. The van der Waals surface area contributed by atoms with Gasteiger partial charge in [0.1, 0.15) is 5.75 Å². The fraction of sp³-hybridized carbons (Fsp3) is 0.679. The van der Waals surface area contributed by atoms with Crippen LogP contribution in [0, 0.1) is 17.3 Å². The number of esters is 1. The molecule has 3 aliphatic carbocycles. The number of carbonyl (C=O) groups excluding carboxylic acids is 1. The zero-order valence-corrected chi connectivity index (χ0v) is 22.2. The molecule has 0 bridgehead atoms. The predicted molar refractivity (Wildman–Crippen MR) is 134 cm³/mol. The number of hydrogen-bond acceptors (Lipinski definition) is 3. The molecule has 0 radical (unpaired) electrons. The highest BCUT2D eigenvalue weighted by atomic mass is 28.4. The lowest BCUT2D eigenvalue weighted by molar-refractivity contribution is -0.137. The maximum absolute atomic E-state index is 12.1. The van der Waals surface area contributed by atoms with Crippen LogP contribution in [-0.2, 0) is 16.0 Å². The summed E-state index contributed by atoms with van der Waals surface area (Å²) in [5.41, 5.74) is 4.57. The smallest absolute Gasteiger partial charge is 0.330 e. The second kappa shape index (κ2) is 8.34. The number of benzene rings is 1.